The maximum Gasteiger partial charge on any atom is 0.173 e. The molecule has 174 valence electrons. The van der Waals surface area contributed by atoms with Gasteiger partial charge in [0.15, 0.2) is 6.10 Å². The quantitative estimate of drug-likeness (QED) is 0.439. The molecule has 1 saturated heterocycles. The zero-order chi connectivity index (χ0) is 23.4. The highest BCUT2D eigenvalue weighted by Crippen LogP contribution is 2.26. The fraction of sp³-hybridized carbons (Fsp3) is 0.320. The van der Waals surface area contributed by atoms with Crippen LogP contribution in [0.1, 0.15) is 30.5 Å². The van der Waals surface area contributed by atoms with Gasteiger partial charge >= 0.3 is 0 Å². The number of rotatable bonds is 8. The Morgan fingerprint density at radius 3 is 2.39 bits per heavy atom. The van der Waals surface area contributed by atoms with Crippen molar-refractivity contribution in [1.82, 2.24) is 9.55 Å². The highest BCUT2D eigenvalue weighted by atomic mass is 32.2. The third-order valence-corrected chi connectivity index (χ3v) is 7.06. The van der Waals surface area contributed by atoms with Crippen molar-refractivity contribution in [2.24, 2.45) is 0 Å². The molecule has 2 heterocycles. The fourth-order valence-electron chi connectivity index (χ4n) is 3.85. The Morgan fingerprint density at radius 2 is 1.82 bits per heavy atom. The number of nitrogens with zero attached hydrogens (tertiary/aromatic N) is 2. The Labute approximate surface area is 196 Å². The standard InChI is InChI=1S/C25H28N2O5S/c1-17(29)25-26-12-13-27(25)21(14-28)9-4-18-2-5-19(6-3-18)20-7-10-22(11-8-20)32-24-16-33(31)15-23(24)30/h2-13,17,21,23-24,28-30H,14-16H2,1H3/b9-4+. The molecule has 1 fully saturated rings. The van der Waals surface area contributed by atoms with Gasteiger partial charge in [-0.25, -0.2) is 4.98 Å². The number of aliphatic hydroxyl groups excluding tert-OH is 3. The first-order valence-corrected chi connectivity index (χ1v) is 12.3. The maximum absolute atomic E-state index is 11.6. The van der Waals surface area contributed by atoms with Crippen LogP contribution < -0.4 is 4.74 Å². The van der Waals surface area contributed by atoms with Gasteiger partial charge in [0.05, 0.1) is 12.6 Å². The van der Waals surface area contributed by atoms with Crippen molar-refractivity contribution in [3.63, 3.8) is 0 Å². The Kier molecular flexibility index (Phi) is 7.52. The summed E-state index contributed by atoms with van der Waals surface area (Å²) in [6, 6.07) is 15.3. The van der Waals surface area contributed by atoms with Crippen molar-refractivity contribution in [3.05, 3.63) is 78.4 Å². The van der Waals surface area contributed by atoms with E-state index in [2.05, 4.69) is 4.98 Å². The van der Waals surface area contributed by atoms with Crippen molar-refractivity contribution in [2.45, 2.75) is 31.3 Å². The third-order valence-electron chi connectivity index (χ3n) is 5.65. The second-order valence-corrected chi connectivity index (χ2v) is 9.67. The molecule has 33 heavy (non-hydrogen) atoms. The van der Waals surface area contributed by atoms with Crippen LogP contribution in [0.2, 0.25) is 0 Å². The van der Waals surface area contributed by atoms with E-state index in [1.165, 1.54) is 0 Å². The molecule has 7 nitrogen and oxygen atoms in total. The van der Waals surface area contributed by atoms with Crippen molar-refractivity contribution in [3.8, 4) is 16.9 Å². The van der Waals surface area contributed by atoms with E-state index in [0.29, 0.717) is 17.3 Å². The number of aliphatic hydroxyl groups is 3. The Balaban J connectivity index is 1.41. The molecule has 2 aromatic carbocycles. The van der Waals surface area contributed by atoms with Crippen molar-refractivity contribution < 1.29 is 24.6 Å². The van der Waals surface area contributed by atoms with E-state index >= 15 is 0 Å². The largest absolute Gasteiger partial charge is 0.616 e. The first-order chi connectivity index (χ1) is 15.9. The molecule has 5 atom stereocenters. The van der Waals surface area contributed by atoms with Gasteiger partial charge in [-0.15, -0.1) is 0 Å². The van der Waals surface area contributed by atoms with Crippen molar-refractivity contribution >= 4 is 17.3 Å². The smallest absolute Gasteiger partial charge is 0.173 e. The van der Waals surface area contributed by atoms with Crippen LogP contribution in [-0.4, -0.2) is 59.7 Å². The number of aromatic nitrogens is 2. The van der Waals surface area contributed by atoms with Crippen LogP contribution in [0, 0.1) is 0 Å². The van der Waals surface area contributed by atoms with Crippen LogP contribution in [0.25, 0.3) is 17.2 Å². The molecule has 5 unspecified atom stereocenters. The molecule has 0 bridgehead atoms. The number of benzene rings is 2. The van der Waals surface area contributed by atoms with E-state index in [-0.39, 0.29) is 18.4 Å². The molecule has 1 aliphatic rings. The molecule has 8 heteroatoms. The van der Waals surface area contributed by atoms with Crippen molar-refractivity contribution in [1.29, 1.82) is 0 Å². The van der Waals surface area contributed by atoms with E-state index in [0.717, 1.165) is 16.7 Å². The monoisotopic (exact) mass is 468 g/mol. The normalized spacial score (nSPS) is 22.5. The van der Waals surface area contributed by atoms with Crippen LogP contribution in [0.5, 0.6) is 5.75 Å². The summed E-state index contributed by atoms with van der Waals surface area (Å²) in [6.07, 6.45) is 5.35. The maximum atomic E-state index is 11.6. The van der Waals surface area contributed by atoms with Gasteiger partial charge in [-0.3, -0.25) is 0 Å². The predicted molar refractivity (Wildman–Crippen MR) is 128 cm³/mol. The Hall–Kier alpha value is -2.62. The lowest BCUT2D eigenvalue weighted by molar-refractivity contribution is 0.0738. The van der Waals surface area contributed by atoms with E-state index < -0.39 is 29.5 Å². The summed E-state index contributed by atoms with van der Waals surface area (Å²) in [5.74, 6) is 1.78. The van der Waals surface area contributed by atoms with Gasteiger partial charge in [-0.2, -0.15) is 0 Å². The minimum Gasteiger partial charge on any atom is -0.616 e. The topological polar surface area (TPSA) is 111 Å². The molecular formula is C25H28N2O5S. The highest BCUT2D eigenvalue weighted by Gasteiger charge is 2.37. The molecule has 3 aromatic rings. The lowest BCUT2D eigenvalue weighted by atomic mass is 10.0. The summed E-state index contributed by atoms with van der Waals surface area (Å²) in [7, 11) is 0. The van der Waals surface area contributed by atoms with Gasteiger partial charge < -0.3 is 29.2 Å². The lowest BCUT2D eigenvalue weighted by Gasteiger charge is -2.16. The van der Waals surface area contributed by atoms with Gasteiger partial charge in [-0.05, 0) is 46.9 Å². The van der Waals surface area contributed by atoms with Gasteiger partial charge in [0.25, 0.3) is 0 Å². The van der Waals surface area contributed by atoms with Crippen LogP contribution in [-0.2, 0) is 11.2 Å². The SMILES string of the molecule is CC(O)c1nccn1C(/C=C/c1ccc(-c2ccc(OC3C[S+]([O-])CC3O)cc2)cc1)CO. The Bertz CT molecular complexity index is 1070. The summed E-state index contributed by atoms with van der Waals surface area (Å²) < 4.78 is 19.1. The molecule has 0 saturated carbocycles. The van der Waals surface area contributed by atoms with Crippen molar-refractivity contribution in [2.75, 3.05) is 18.1 Å². The van der Waals surface area contributed by atoms with Crippen LogP contribution in [0.3, 0.4) is 0 Å². The van der Waals surface area contributed by atoms with Gasteiger partial charge in [0, 0.05) is 12.4 Å². The molecular weight excluding hydrogens is 440 g/mol. The molecule has 4 rings (SSSR count). The lowest BCUT2D eigenvalue weighted by Crippen LogP contribution is -2.29. The number of hydrogen-bond acceptors (Lipinski definition) is 6. The fourth-order valence-corrected chi connectivity index (χ4v) is 5.24. The molecule has 0 radical (unpaired) electrons. The molecule has 0 amide bonds. The van der Waals surface area contributed by atoms with E-state index in [1.807, 2.05) is 60.7 Å². The Morgan fingerprint density at radius 1 is 1.15 bits per heavy atom. The van der Waals surface area contributed by atoms with E-state index in [9.17, 15) is 19.9 Å². The molecule has 1 aliphatic heterocycles. The average molecular weight is 469 g/mol. The van der Waals surface area contributed by atoms with E-state index in [1.54, 1.807) is 23.9 Å². The number of ether oxygens (including phenoxy) is 1. The molecule has 0 aliphatic carbocycles. The average Bonchev–Trinajstić information content (AvgIpc) is 3.42. The first-order valence-electron chi connectivity index (χ1n) is 10.8. The number of imidazole rings is 1. The molecule has 1 aromatic heterocycles. The van der Waals surface area contributed by atoms with Gasteiger partial charge in [0.1, 0.15) is 35.3 Å². The third kappa shape index (κ3) is 5.66. The van der Waals surface area contributed by atoms with Gasteiger partial charge in [-0.1, -0.05) is 48.6 Å². The minimum absolute atomic E-state index is 0.104. The summed E-state index contributed by atoms with van der Waals surface area (Å²) in [5.41, 5.74) is 3.06. The summed E-state index contributed by atoms with van der Waals surface area (Å²) in [5, 5.41) is 29.6. The summed E-state index contributed by atoms with van der Waals surface area (Å²) in [6.45, 7) is 1.54. The molecule has 3 N–H and O–H groups in total. The van der Waals surface area contributed by atoms with Gasteiger partial charge in [0.2, 0.25) is 0 Å². The highest BCUT2D eigenvalue weighted by molar-refractivity contribution is 7.91. The van der Waals surface area contributed by atoms with Crippen LogP contribution >= 0.6 is 0 Å². The number of hydrogen-bond donors (Lipinski definition) is 3. The van der Waals surface area contributed by atoms with Crippen LogP contribution in [0.15, 0.2) is 67.0 Å². The second-order valence-electron chi connectivity index (χ2n) is 8.12. The molecule has 0 spiro atoms. The van der Waals surface area contributed by atoms with E-state index in [4.69, 9.17) is 4.74 Å². The zero-order valence-electron chi connectivity index (χ0n) is 18.3. The summed E-state index contributed by atoms with van der Waals surface area (Å²) in [4.78, 5) is 4.16. The second kappa shape index (κ2) is 10.5. The van der Waals surface area contributed by atoms with Crippen LogP contribution in [0.4, 0.5) is 0 Å². The summed E-state index contributed by atoms with van der Waals surface area (Å²) >= 11 is -1.02. The minimum atomic E-state index is -1.02. The predicted octanol–water partition coefficient (Wildman–Crippen LogP) is 2.72. The zero-order valence-corrected chi connectivity index (χ0v) is 19.1. The first kappa shape index (κ1) is 23.5.